The highest BCUT2D eigenvalue weighted by Gasteiger charge is 2.47. The summed E-state index contributed by atoms with van der Waals surface area (Å²) in [5, 5.41) is 3.15. The van der Waals surface area contributed by atoms with E-state index in [1.54, 1.807) is 27.9 Å². The molecule has 55 heavy (non-hydrogen) atoms. The third-order valence-corrected chi connectivity index (χ3v) is 22.3. The number of anilines is 1. The number of carbonyl (C=O) groups excluding carboxylic acids is 2. The number of halogens is 3. The Hall–Kier alpha value is -2.53. The van der Waals surface area contributed by atoms with Gasteiger partial charge in [0.05, 0.1) is 27.3 Å². The largest absolute Gasteiger partial charge is 0.416 e. The lowest BCUT2D eigenvalue weighted by molar-refractivity contribution is -0.137. The molecular formula is C45H58F3NO2S3Si-. The van der Waals surface area contributed by atoms with Gasteiger partial charge in [-0.25, -0.2) is 4.90 Å². The van der Waals surface area contributed by atoms with Crippen molar-refractivity contribution >= 4 is 70.0 Å². The molecule has 299 valence electrons. The van der Waals surface area contributed by atoms with Gasteiger partial charge in [0.2, 0.25) is 0 Å². The number of nitrogens with zero attached hydrogens (tertiary/aromatic N) is 1. The molecular weight excluding hydrogens is 768 g/mol. The van der Waals surface area contributed by atoms with Crippen LogP contribution in [0.15, 0.2) is 36.4 Å². The van der Waals surface area contributed by atoms with Gasteiger partial charge in [0.25, 0.3) is 11.8 Å². The van der Waals surface area contributed by atoms with E-state index in [-0.39, 0.29) is 11.1 Å². The second-order valence-electron chi connectivity index (χ2n) is 18.0. The summed E-state index contributed by atoms with van der Waals surface area (Å²) < 4.78 is 40.4. The highest BCUT2D eigenvalue weighted by molar-refractivity contribution is 7.32. The van der Waals surface area contributed by atoms with Crippen LogP contribution < -0.4 is 15.3 Å². The summed E-state index contributed by atoms with van der Waals surface area (Å²) in [6.45, 7) is 22.4. The minimum atomic E-state index is -4.52. The van der Waals surface area contributed by atoms with Gasteiger partial charge < -0.3 is 0 Å². The van der Waals surface area contributed by atoms with Gasteiger partial charge >= 0.3 is 6.18 Å². The lowest BCUT2D eigenvalue weighted by Crippen LogP contribution is -2.56. The zero-order valence-electron chi connectivity index (χ0n) is 34.3. The molecule has 0 N–H and O–H groups in total. The molecule has 3 aromatic heterocycles. The average Bonchev–Trinajstić information content (AvgIpc) is 3.92. The van der Waals surface area contributed by atoms with Crippen LogP contribution in [0.1, 0.15) is 157 Å². The Bertz CT molecular complexity index is 2020. The van der Waals surface area contributed by atoms with Crippen LogP contribution in [0.3, 0.4) is 0 Å². The van der Waals surface area contributed by atoms with Gasteiger partial charge in [0.1, 0.15) is 0 Å². The summed E-state index contributed by atoms with van der Waals surface area (Å²) in [6, 6.07) is 11.9. The number of fused-ring (bicyclic) bond motifs is 4. The van der Waals surface area contributed by atoms with Crippen LogP contribution in [0.2, 0.25) is 12.1 Å². The van der Waals surface area contributed by atoms with Crippen LogP contribution in [0.25, 0.3) is 19.5 Å². The summed E-state index contributed by atoms with van der Waals surface area (Å²) in [5.41, 5.74) is -0.261. The summed E-state index contributed by atoms with van der Waals surface area (Å²) in [5.74, 6) is 0.372. The fourth-order valence-electron chi connectivity index (χ4n) is 8.74. The molecule has 0 saturated carbocycles. The Morgan fingerprint density at radius 1 is 0.673 bits per heavy atom. The molecule has 2 aliphatic rings. The van der Waals surface area contributed by atoms with Crippen LogP contribution in [0.5, 0.6) is 0 Å². The van der Waals surface area contributed by atoms with Crippen molar-refractivity contribution in [3.8, 4) is 19.5 Å². The standard InChI is InChI=1S/C45H58F3NO2S3Si/c1-11-15-17-27(13-3)25-55(26-28(14-4)18-16-12-2)32-23-31(52-38(32)39-33(55)24-34(53-39)43(5,6)7)37-35-36(40(54-37)44(8,9)10)42(51)49(41(35)50)30-21-19-29(20-22-30)45(46,47)48/h19-24,27-28H,11-18,25-26H2,1-10H3/q-1. The van der Waals surface area contributed by atoms with Crippen molar-refractivity contribution in [1.82, 2.24) is 0 Å². The maximum atomic E-state index is 14.5. The van der Waals surface area contributed by atoms with Crippen molar-refractivity contribution in [1.29, 1.82) is 0 Å². The number of thiophene rings is 3. The predicted octanol–water partition coefficient (Wildman–Crippen LogP) is 13.9. The van der Waals surface area contributed by atoms with Crippen molar-refractivity contribution in [2.75, 3.05) is 4.90 Å². The maximum Gasteiger partial charge on any atom is 0.416 e. The topological polar surface area (TPSA) is 37.4 Å². The van der Waals surface area contributed by atoms with E-state index in [2.05, 4.69) is 81.4 Å². The Morgan fingerprint density at radius 3 is 1.69 bits per heavy atom. The summed E-state index contributed by atoms with van der Waals surface area (Å²) >= 11 is 5.31. The summed E-state index contributed by atoms with van der Waals surface area (Å²) in [6.07, 6.45) is 5.18. The zero-order chi connectivity index (χ0) is 40.2. The van der Waals surface area contributed by atoms with Gasteiger partial charge in [0.15, 0.2) is 0 Å². The number of imide groups is 1. The Morgan fingerprint density at radius 2 is 1.20 bits per heavy atom. The number of carbonyl (C=O) groups is 2. The van der Waals surface area contributed by atoms with Gasteiger partial charge in [-0.05, 0) is 35.1 Å². The number of alkyl halides is 3. The SMILES string of the molecule is CCCCC(CC)C[Si-]1(CC(CC)CCCC)c2cc(-c3sc(C(C)(C)C)c4c3C(=O)N(c3ccc(C(F)(F)F)cc3)C4=O)sc2-c2sc(C(C)(C)C)cc21. The molecule has 0 saturated heterocycles. The number of rotatable bonds is 14. The lowest BCUT2D eigenvalue weighted by Gasteiger charge is -2.46. The van der Waals surface area contributed by atoms with Gasteiger partial charge in [-0.3, -0.25) is 9.59 Å². The van der Waals surface area contributed by atoms with Crippen molar-refractivity contribution in [2.24, 2.45) is 11.8 Å². The van der Waals surface area contributed by atoms with Crippen molar-refractivity contribution in [3.63, 3.8) is 0 Å². The number of amides is 2. The minimum Gasteiger partial charge on any atom is -0.268 e. The zero-order valence-corrected chi connectivity index (χ0v) is 37.8. The number of hydrogen-bond acceptors (Lipinski definition) is 5. The predicted molar refractivity (Wildman–Crippen MR) is 232 cm³/mol. The summed E-state index contributed by atoms with van der Waals surface area (Å²) in [7, 11) is -2.31. The molecule has 5 heterocycles. The molecule has 0 bridgehead atoms. The molecule has 6 rings (SSSR count). The van der Waals surface area contributed by atoms with Gasteiger partial charge in [-0.1, -0.05) is 153 Å². The number of unbranched alkanes of at least 4 members (excludes halogenated alkanes) is 2. The lowest BCUT2D eigenvalue weighted by atomic mass is 9.90. The average molecular weight is 826 g/mol. The Labute approximate surface area is 339 Å². The smallest absolute Gasteiger partial charge is 0.268 e. The molecule has 2 aliphatic heterocycles. The number of hydrogen-bond donors (Lipinski definition) is 0. The van der Waals surface area contributed by atoms with E-state index in [0.717, 1.165) is 31.7 Å². The number of benzene rings is 1. The molecule has 0 spiro atoms. The molecule has 2 amide bonds. The molecule has 3 nitrogen and oxygen atoms in total. The highest BCUT2D eigenvalue weighted by Crippen LogP contribution is 2.53. The second-order valence-corrected chi connectivity index (χ2v) is 25.2. The first-order chi connectivity index (χ1) is 25.8. The third-order valence-electron chi connectivity index (χ3n) is 11.9. The van der Waals surface area contributed by atoms with E-state index in [1.165, 1.54) is 95.4 Å². The third kappa shape index (κ3) is 7.75. The van der Waals surface area contributed by atoms with Crippen LogP contribution >= 0.6 is 34.0 Å². The minimum absolute atomic E-state index is 0.0266. The van der Waals surface area contributed by atoms with E-state index in [4.69, 9.17) is 0 Å². The van der Waals surface area contributed by atoms with E-state index < -0.39 is 37.0 Å². The molecule has 0 fully saturated rings. The van der Waals surface area contributed by atoms with E-state index in [0.29, 0.717) is 23.0 Å². The van der Waals surface area contributed by atoms with E-state index in [9.17, 15) is 22.8 Å². The first-order valence-electron chi connectivity index (χ1n) is 20.3. The molecule has 4 aromatic rings. The van der Waals surface area contributed by atoms with Crippen LogP contribution in [-0.2, 0) is 17.0 Å². The van der Waals surface area contributed by atoms with Gasteiger partial charge in [-0.2, -0.15) is 23.5 Å². The molecule has 0 radical (unpaired) electrons. The molecule has 0 aliphatic carbocycles. The van der Waals surface area contributed by atoms with E-state index >= 15 is 0 Å². The van der Waals surface area contributed by atoms with Crippen molar-refractivity contribution < 1.29 is 22.8 Å². The first-order valence-corrected chi connectivity index (χ1v) is 25.2. The van der Waals surface area contributed by atoms with Gasteiger partial charge in [0, 0.05) is 24.4 Å². The summed E-state index contributed by atoms with van der Waals surface area (Å²) in [4.78, 5) is 36.8. The Balaban J connectivity index is 1.56. The van der Waals surface area contributed by atoms with Crippen LogP contribution in [-0.4, -0.2) is 19.9 Å². The fourth-order valence-corrected chi connectivity index (χ4v) is 20.7. The monoisotopic (exact) mass is 825 g/mol. The second kappa shape index (κ2) is 15.7. The van der Waals surface area contributed by atoms with Gasteiger partial charge in [-0.15, -0.1) is 46.1 Å². The Kier molecular flexibility index (Phi) is 12.0. The fraction of sp³-hybridized carbons (Fsp3) is 0.556. The van der Waals surface area contributed by atoms with Crippen molar-refractivity contribution in [3.05, 3.63) is 62.8 Å². The maximum absolute atomic E-state index is 14.5. The van der Waals surface area contributed by atoms with Crippen LogP contribution in [0, 0.1) is 11.8 Å². The highest BCUT2D eigenvalue weighted by atomic mass is 32.1. The molecule has 2 atom stereocenters. The van der Waals surface area contributed by atoms with Crippen molar-refractivity contribution in [2.45, 2.75) is 150 Å². The molecule has 2 unspecified atom stereocenters. The molecule has 1 aromatic carbocycles. The normalized spacial score (nSPS) is 18.2. The van der Waals surface area contributed by atoms with Crippen LogP contribution in [0.4, 0.5) is 18.9 Å². The quantitative estimate of drug-likeness (QED) is 0.0938. The van der Waals surface area contributed by atoms with E-state index in [1.807, 2.05) is 11.3 Å². The molecule has 10 heteroatoms. The first kappa shape index (κ1) is 42.1.